The molecule has 0 aromatic heterocycles. The van der Waals surface area contributed by atoms with E-state index < -0.39 is 6.10 Å². The molecule has 1 saturated heterocycles. The van der Waals surface area contributed by atoms with Gasteiger partial charge in [0.05, 0.1) is 0 Å². The lowest BCUT2D eigenvalue weighted by molar-refractivity contribution is -0.140. The Morgan fingerprint density at radius 3 is 2.48 bits per heavy atom. The number of hydrogen-bond donors (Lipinski definition) is 0. The molecule has 2 aromatic rings. The van der Waals surface area contributed by atoms with E-state index in [2.05, 4.69) is 29.2 Å². The maximum Gasteiger partial charge on any atom is 0.267 e. The van der Waals surface area contributed by atoms with E-state index in [4.69, 9.17) is 9.47 Å². The molecule has 1 atom stereocenters. The molecule has 0 aliphatic carbocycles. The minimum atomic E-state index is -0.600. The number of amides is 1. The average molecular weight is 366 g/mol. The second-order valence-corrected chi connectivity index (χ2v) is 7.27. The van der Waals surface area contributed by atoms with Gasteiger partial charge in [0.15, 0.2) is 11.5 Å². The van der Waals surface area contributed by atoms with Gasteiger partial charge in [-0.05, 0) is 49.1 Å². The normalized spacial score (nSPS) is 18.9. The van der Waals surface area contributed by atoms with Crippen molar-refractivity contribution in [1.82, 2.24) is 4.90 Å². The molecule has 142 valence electrons. The summed E-state index contributed by atoms with van der Waals surface area (Å²) in [7, 11) is 1.81. The molecule has 0 radical (unpaired) electrons. The Hall–Kier alpha value is -2.69. The van der Waals surface area contributed by atoms with Crippen LogP contribution in [0.5, 0.6) is 11.5 Å². The number of anilines is 1. The topological polar surface area (TPSA) is 42.0 Å². The predicted octanol–water partition coefficient (Wildman–Crippen LogP) is 3.48. The fourth-order valence-corrected chi connectivity index (χ4v) is 3.70. The van der Waals surface area contributed by atoms with Gasteiger partial charge in [-0.1, -0.05) is 24.3 Å². The quantitative estimate of drug-likeness (QED) is 0.831. The van der Waals surface area contributed by atoms with E-state index in [-0.39, 0.29) is 12.5 Å². The number of benzene rings is 2. The molecule has 1 amide bonds. The van der Waals surface area contributed by atoms with Crippen molar-refractivity contribution < 1.29 is 14.3 Å². The van der Waals surface area contributed by atoms with Gasteiger partial charge in [-0.3, -0.25) is 4.79 Å². The van der Waals surface area contributed by atoms with E-state index in [1.165, 1.54) is 24.9 Å². The summed E-state index contributed by atoms with van der Waals surface area (Å²) in [5.41, 5.74) is 2.39. The van der Waals surface area contributed by atoms with E-state index >= 15 is 0 Å². The number of para-hydroxylation sites is 2. The minimum absolute atomic E-state index is 0.0652. The fourth-order valence-electron chi connectivity index (χ4n) is 3.70. The van der Waals surface area contributed by atoms with Crippen molar-refractivity contribution in [3.8, 4) is 11.5 Å². The van der Waals surface area contributed by atoms with Crippen molar-refractivity contribution in [3.63, 3.8) is 0 Å². The van der Waals surface area contributed by atoms with Crippen molar-refractivity contribution in [2.45, 2.75) is 31.9 Å². The predicted molar refractivity (Wildman–Crippen MR) is 105 cm³/mol. The van der Waals surface area contributed by atoms with Crippen LogP contribution >= 0.6 is 0 Å². The first-order valence-corrected chi connectivity index (χ1v) is 9.68. The summed E-state index contributed by atoms with van der Waals surface area (Å²) >= 11 is 0. The molecule has 2 aromatic carbocycles. The molecule has 27 heavy (non-hydrogen) atoms. The Bertz CT molecular complexity index is 784. The highest BCUT2D eigenvalue weighted by Crippen LogP contribution is 2.31. The number of piperidine rings is 1. The number of ether oxygens (including phenoxy) is 2. The van der Waals surface area contributed by atoms with Gasteiger partial charge in [0, 0.05) is 32.4 Å². The highest BCUT2D eigenvalue weighted by atomic mass is 16.6. The summed E-state index contributed by atoms with van der Waals surface area (Å²) in [6.07, 6.45) is 3.27. The Morgan fingerprint density at radius 2 is 1.74 bits per heavy atom. The number of carbonyl (C=O) groups is 1. The fraction of sp³-hybridized carbons (Fsp3) is 0.409. The third kappa shape index (κ3) is 4.02. The standard InChI is InChI=1S/C22H26N2O3/c1-23(22(25)21-16-26-19-7-3-4-8-20(19)27-21)15-17-9-11-18(12-10-17)24-13-5-2-6-14-24/h3-4,7-12,21H,2,5-6,13-16H2,1H3/t21-/m0/s1. The number of fused-ring (bicyclic) bond motifs is 1. The SMILES string of the molecule is CN(Cc1ccc(N2CCCCC2)cc1)C(=O)[C@@H]1COc2ccccc2O1. The van der Waals surface area contributed by atoms with E-state index in [1.54, 1.807) is 4.90 Å². The molecule has 5 nitrogen and oxygen atoms in total. The van der Waals surface area contributed by atoms with Crippen molar-refractivity contribution >= 4 is 11.6 Å². The second kappa shape index (κ2) is 7.91. The van der Waals surface area contributed by atoms with Crippen LogP contribution in [0.15, 0.2) is 48.5 Å². The van der Waals surface area contributed by atoms with Gasteiger partial charge >= 0.3 is 0 Å². The molecule has 1 fully saturated rings. The average Bonchev–Trinajstić information content (AvgIpc) is 2.74. The molecule has 0 unspecified atom stereocenters. The molecule has 2 aliphatic heterocycles. The van der Waals surface area contributed by atoms with Crippen molar-refractivity contribution in [1.29, 1.82) is 0 Å². The summed E-state index contributed by atoms with van der Waals surface area (Å²) in [5, 5.41) is 0. The number of rotatable bonds is 4. The minimum Gasteiger partial charge on any atom is -0.485 e. The zero-order valence-corrected chi connectivity index (χ0v) is 15.8. The highest BCUT2D eigenvalue weighted by molar-refractivity contribution is 5.81. The van der Waals surface area contributed by atoms with Crippen LogP contribution in [0.3, 0.4) is 0 Å². The van der Waals surface area contributed by atoms with Gasteiger partial charge < -0.3 is 19.3 Å². The molecule has 0 spiro atoms. The van der Waals surface area contributed by atoms with Crippen LogP contribution in [0.2, 0.25) is 0 Å². The summed E-state index contributed by atoms with van der Waals surface area (Å²) in [4.78, 5) is 16.9. The molecule has 4 rings (SSSR count). The van der Waals surface area contributed by atoms with Gasteiger partial charge in [0.1, 0.15) is 6.61 Å². The van der Waals surface area contributed by atoms with Crippen molar-refractivity contribution in [2.75, 3.05) is 31.6 Å². The Labute approximate surface area is 160 Å². The Balaban J connectivity index is 1.36. The molecule has 0 N–H and O–H groups in total. The van der Waals surface area contributed by atoms with Crippen molar-refractivity contribution in [2.24, 2.45) is 0 Å². The monoisotopic (exact) mass is 366 g/mol. The van der Waals surface area contributed by atoms with Gasteiger partial charge in [-0.2, -0.15) is 0 Å². The number of nitrogens with zero attached hydrogens (tertiary/aromatic N) is 2. The summed E-state index contributed by atoms with van der Waals surface area (Å²) in [6, 6.07) is 16.0. The number of likely N-dealkylation sites (N-methyl/N-ethyl adjacent to an activating group) is 1. The van der Waals surface area contributed by atoms with Gasteiger partial charge in [0.2, 0.25) is 6.10 Å². The third-order valence-corrected chi connectivity index (χ3v) is 5.24. The van der Waals surface area contributed by atoms with Crippen molar-refractivity contribution in [3.05, 3.63) is 54.1 Å². The van der Waals surface area contributed by atoms with Crippen LogP contribution in [-0.2, 0) is 11.3 Å². The van der Waals surface area contributed by atoms with Gasteiger partial charge in [-0.15, -0.1) is 0 Å². The first-order chi connectivity index (χ1) is 13.2. The van der Waals surface area contributed by atoms with Crippen LogP contribution in [0.25, 0.3) is 0 Å². The van der Waals surface area contributed by atoms with Crippen LogP contribution in [0.1, 0.15) is 24.8 Å². The number of hydrogen-bond acceptors (Lipinski definition) is 4. The lowest BCUT2D eigenvalue weighted by atomic mass is 10.1. The first-order valence-electron chi connectivity index (χ1n) is 9.68. The van der Waals surface area contributed by atoms with E-state index in [0.717, 1.165) is 18.7 Å². The van der Waals surface area contributed by atoms with Crippen LogP contribution < -0.4 is 14.4 Å². The maximum atomic E-state index is 12.7. The van der Waals surface area contributed by atoms with E-state index in [0.29, 0.717) is 18.0 Å². The summed E-state index contributed by atoms with van der Waals surface area (Å²) in [6.45, 7) is 3.07. The summed E-state index contributed by atoms with van der Waals surface area (Å²) < 4.78 is 11.5. The van der Waals surface area contributed by atoms with Crippen LogP contribution in [0, 0.1) is 0 Å². The summed E-state index contributed by atoms with van der Waals surface area (Å²) in [5.74, 6) is 1.25. The second-order valence-electron chi connectivity index (χ2n) is 7.27. The molecule has 0 bridgehead atoms. The zero-order valence-electron chi connectivity index (χ0n) is 15.8. The lowest BCUT2D eigenvalue weighted by Gasteiger charge is -2.30. The van der Waals surface area contributed by atoms with Crippen LogP contribution in [-0.4, -0.2) is 43.7 Å². The van der Waals surface area contributed by atoms with E-state index in [9.17, 15) is 4.79 Å². The first kappa shape index (κ1) is 17.7. The largest absolute Gasteiger partial charge is 0.485 e. The Morgan fingerprint density at radius 1 is 1.04 bits per heavy atom. The maximum absolute atomic E-state index is 12.7. The zero-order chi connectivity index (χ0) is 18.6. The van der Waals surface area contributed by atoms with Gasteiger partial charge in [0.25, 0.3) is 5.91 Å². The highest BCUT2D eigenvalue weighted by Gasteiger charge is 2.29. The smallest absolute Gasteiger partial charge is 0.267 e. The number of carbonyl (C=O) groups excluding carboxylic acids is 1. The lowest BCUT2D eigenvalue weighted by Crippen LogP contribution is -2.44. The molecule has 0 saturated carbocycles. The molecule has 2 aliphatic rings. The van der Waals surface area contributed by atoms with Gasteiger partial charge in [-0.25, -0.2) is 0 Å². The van der Waals surface area contributed by atoms with Crippen LogP contribution in [0.4, 0.5) is 5.69 Å². The van der Waals surface area contributed by atoms with E-state index in [1.807, 2.05) is 31.3 Å². The Kier molecular flexibility index (Phi) is 5.19. The molecule has 2 heterocycles. The molecular weight excluding hydrogens is 340 g/mol. The molecule has 5 heteroatoms. The molecular formula is C22H26N2O3. The third-order valence-electron chi connectivity index (χ3n) is 5.24.